The first kappa shape index (κ1) is 11.2. The Morgan fingerprint density at radius 1 is 1.39 bits per heavy atom. The highest BCUT2D eigenvalue weighted by Gasteiger charge is 2.06. The van der Waals surface area contributed by atoms with Crippen LogP contribution in [0.2, 0.25) is 0 Å². The number of thioether (sulfide) groups is 1. The lowest BCUT2D eigenvalue weighted by Crippen LogP contribution is -1.81. The number of methoxy groups -OCH3 is 1. The third-order valence-electron chi connectivity index (χ3n) is 2.51. The number of imidazole rings is 1. The zero-order chi connectivity index (χ0) is 12.4. The summed E-state index contributed by atoms with van der Waals surface area (Å²) in [6, 6.07) is 7.61. The van der Waals surface area contributed by atoms with Gasteiger partial charge in [0.15, 0.2) is 5.16 Å². The third kappa shape index (κ3) is 2.19. The van der Waals surface area contributed by atoms with E-state index in [4.69, 9.17) is 9.26 Å². The number of nitrogens with one attached hydrogen (secondary N) is 1. The first-order valence-corrected chi connectivity index (χ1v) is 6.40. The maximum absolute atomic E-state index is 5.17. The van der Waals surface area contributed by atoms with Crippen molar-refractivity contribution in [2.75, 3.05) is 7.11 Å². The quantitative estimate of drug-likeness (QED) is 0.732. The second-order valence-corrected chi connectivity index (χ2v) is 4.66. The Bertz CT molecular complexity index is 648. The molecule has 0 radical (unpaired) electrons. The molecule has 0 fully saturated rings. The first-order valence-electron chi connectivity index (χ1n) is 5.41. The first-order chi connectivity index (χ1) is 8.85. The van der Waals surface area contributed by atoms with Crippen LogP contribution >= 0.6 is 11.8 Å². The Morgan fingerprint density at radius 2 is 2.33 bits per heavy atom. The highest BCUT2D eigenvalue weighted by atomic mass is 32.2. The van der Waals surface area contributed by atoms with Crippen LogP contribution in [0.5, 0.6) is 5.75 Å². The van der Waals surface area contributed by atoms with Gasteiger partial charge in [-0.1, -0.05) is 16.9 Å². The maximum Gasteiger partial charge on any atom is 0.166 e. The molecule has 0 aliphatic rings. The number of aromatic amines is 1. The van der Waals surface area contributed by atoms with Crippen LogP contribution in [-0.4, -0.2) is 22.2 Å². The van der Waals surface area contributed by atoms with E-state index < -0.39 is 0 Å². The highest BCUT2D eigenvalue weighted by Crippen LogP contribution is 2.25. The molecule has 3 aromatic rings. The molecule has 0 aliphatic heterocycles. The number of fused-ring (bicyclic) bond motifs is 1. The van der Waals surface area contributed by atoms with Crippen LogP contribution in [0.15, 0.2) is 40.1 Å². The minimum Gasteiger partial charge on any atom is -0.497 e. The molecule has 0 bridgehead atoms. The summed E-state index contributed by atoms with van der Waals surface area (Å²) >= 11 is 1.58. The zero-order valence-corrected chi connectivity index (χ0v) is 10.5. The van der Waals surface area contributed by atoms with Gasteiger partial charge < -0.3 is 14.2 Å². The van der Waals surface area contributed by atoms with Gasteiger partial charge in [0.05, 0.1) is 30.1 Å². The molecule has 0 atom stereocenters. The summed E-state index contributed by atoms with van der Waals surface area (Å²) in [5, 5.41) is 4.52. The fraction of sp³-hybridized carbons (Fsp3) is 0.167. The largest absolute Gasteiger partial charge is 0.497 e. The summed E-state index contributed by atoms with van der Waals surface area (Å²) in [7, 11) is 1.65. The number of nitrogens with zero attached hydrogens (tertiary/aromatic N) is 2. The van der Waals surface area contributed by atoms with Crippen molar-refractivity contribution in [2.24, 2.45) is 0 Å². The summed E-state index contributed by atoms with van der Waals surface area (Å²) in [5.41, 5.74) is 1.89. The fourth-order valence-corrected chi connectivity index (χ4v) is 2.39. The van der Waals surface area contributed by atoms with E-state index in [1.807, 2.05) is 24.3 Å². The Hall–Kier alpha value is -1.95. The predicted molar refractivity (Wildman–Crippen MR) is 68.7 cm³/mol. The Kier molecular flexibility index (Phi) is 2.93. The van der Waals surface area contributed by atoms with Crippen molar-refractivity contribution >= 4 is 22.8 Å². The Balaban J connectivity index is 1.80. The molecule has 1 aromatic carbocycles. The lowest BCUT2D eigenvalue weighted by Gasteiger charge is -1.96. The molecule has 92 valence electrons. The van der Waals surface area contributed by atoms with E-state index in [9.17, 15) is 0 Å². The van der Waals surface area contributed by atoms with Gasteiger partial charge in [-0.3, -0.25) is 0 Å². The van der Waals surface area contributed by atoms with E-state index >= 15 is 0 Å². The molecule has 0 spiro atoms. The molecule has 0 amide bonds. The normalized spacial score (nSPS) is 10.9. The average molecular weight is 261 g/mol. The van der Waals surface area contributed by atoms with Crippen molar-refractivity contribution in [1.82, 2.24) is 15.1 Å². The minimum absolute atomic E-state index is 0.705. The maximum atomic E-state index is 5.17. The molecule has 3 rings (SSSR count). The smallest absolute Gasteiger partial charge is 0.166 e. The topological polar surface area (TPSA) is 63.9 Å². The van der Waals surface area contributed by atoms with Crippen molar-refractivity contribution in [3.8, 4) is 5.75 Å². The van der Waals surface area contributed by atoms with Crippen LogP contribution < -0.4 is 4.74 Å². The second-order valence-electron chi connectivity index (χ2n) is 3.69. The summed E-state index contributed by atoms with van der Waals surface area (Å²) in [6.45, 7) is 0. The summed E-state index contributed by atoms with van der Waals surface area (Å²) < 4.78 is 10.2. The van der Waals surface area contributed by atoms with Crippen LogP contribution in [0.3, 0.4) is 0 Å². The number of hydrogen-bond donors (Lipinski definition) is 1. The lowest BCUT2D eigenvalue weighted by atomic mass is 10.3. The Morgan fingerprint density at radius 3 is 3.11 bits per heavy atom. The van der Waals surface area contributed by atoms with Crippen LogP contribution in [0.4, 0.5) is 0 Å². The molecule has 2 heterocycles. The van der Waals surface area contributed by atoms with Gasteiger partial charge in [-0.05, 0) is 12.1 Å². The molecule has 18 heavy (non-hydrogen) atoms. The van der Waals surface area contributed by atoms with Gasteiger partial charge in [-0.25, -0.2) is 4.98 Å². The number of hydrogen-bond acceptors (Lipinski definition) is 5. The minimum atomic E-state index is 0.705. The molecular formula is C12H11N3O2S. The molecule has 0 aliphatic carbocycles. The molecule has 0 saturated carbocycles. The molecular weight excluding hydrogens is 250 g/mol. The van der Waals surface area contributed by atoms with E-state index in [2.05, 4.69) is 15.1 Å². The van der Waals surface area contributed by atoms with Gasteiger partial charge in [0.1, 0.15) is 11.5 Å². The van der Waals surface area contributed by atoms with Crippen LogP contribution in [0.1, 0.15) is 5.76 Å². The zero-order valence-electron chi connectivity index (χ0n) is 9.71. The number of rotatable bonds is 4. The SMILES string of the molecule is COc1ccc2nc(SCc3ccno3)[nH]c2c1. The van der Waals surface area contributed by atoms with E-state index in [0.717, 1.165) is 27.7 Å². The van der Waals surface area contributed by atoms with Crippen LogP contribution in [0, 0.1) is 0 Å². The number of aromatic nitrogens is 3. The molecule has 0 unspecified atom stereocenters. The van der Waals surface area contributed by atoms with Crippen molar-refractivity contribution in [2.45, 2.75) is 10.9 Å². The molecule has 2 aromatic heterocycles. The number of H-pyrrole nitrogens is 1. The van der Waals surface area contributed by atoms with E-state index in [1.165, 1.54) is 0 Å². The molecule has 0 saturated heterocycles. The predicted octanol–water partition coefficient (Wildman–Crippen LogP) is 2.85. The Labute approximate surface area is 108 Å². The summed E-state index contributed by atoms with van der Waals surface area (Å²) in [6.07, 6.45) is 1.64. The van der Waals surface area contributed by atoms with E-state index in [1.54, 1.807) is 25.1 Å². The molecule has 5 nitrogen and oxygen atoms in total. The fourth-order valence-electron chi connectivity index (χ4n) is 1.62. The van der Waals surface area contributed by atoms with E-state index in [0.29, 0.717) is 5.75 Å². The third-order valence-corrected chi connectivity index (χ3v) is 3.41. The van der Waals surface area contributed by atoms with Crippen molar-refractivity contribution in [3.05, 3.63) is 36.2 Å². The lowest BCUT2D eigenvalue weighted by molar-refractivity contribution is 0.395. The number of benzene rings is 1. The van der Waals surface area contributed by atoms with Gasteiger partial charge in [-0.2, -0.15) is 0 Å². The standard InChI is InChI=1S/C12H11N3O2S/c1-16-8-2-3-10-11(6-8)15-12(14-10)18-7-9-4-5-13-17-9/h2-6H,7H2,1H3,(H,14,15). The van der Waals surface area contributed by atoms with E-state index in [-0.39, 0.29) is 0 Å². The van der Waals surface area contributed by atoms with Gasteiger partial charge >= 0.3 is 0 Å². The van der Waals surface area contributed by atoms with Gasteiger partial charge in [0.2, 0.25) is 0 Å². The average Bonchev–Trinajstić information content (AvgIpc) is 3.04. The second kappa shape index (κ2) is 4.73. The van der Waals surface area contributed by atoms with Crippen LogP contribution in [-0.2, 0) is 5.75 Å². The van der Waals surface area contributed by atoms with Crippen LogP contribution in [0.25, 0.3) is 11.0 Å². The van der Waals surface area contributed by atoms with Gasteiger partial charge in [0.25, 0.3) is 0 Å². The monoisotopic (exact) mass is 261 g/mol. The highest BCUT2D eigenvalue weighted by molar-refractivity contribution is 7.98. The number of ether oxygens (including phenoxy) is 1. The van der Waals surface area contributed by atoms with Gasteiger partial charge in [0, 0.05) is 12.1 Å². The molecule has 1 N–H and O–H groups in total. The molecule has 6 heteroatoms. The summed E-state index contributed by atoms with van der Waals surface area (Å²) in [4.78, 5) is 7.72. The van der Waals surface area contributed by atoms with Crippen molar-refractivity contribution in [1.29, 1.82) is 0 Å². The van der Waals surface area contributed by atoms with Crippen molar-refractivity contribution in [3.63, 3.8) is 0 Å². The van der Waals surface area contributed by atoms with Gasteiger partial charge in [-0.15, -0.1) is 0 Å². The summed E-state index contributed by atoms with van der Waals surface area (Å²) in [5.74, 6) is 2.35. The van der Waals surface area contributed by atoms with Crippen molar-refractivity contribution < 1.29 is 9.26 Å².